The summed E-state index contributed by atoms with van der Waals surface area (Å²) in [6.45, 7) is 17.0. The van der Waals surface area contributed by atoms with Gasteiger partial charge in [-0.15, -0.1) is 0 Å². The van der Waals surface area contributed by atoms with E-state index in [1.807, 2.05) is 20.8 Å². The number of halogens is 1. The second kappa shape index (κ2) is 21.9. The molecule has 3 heterocycles. The zero-order chi connectivity index (χ0) is 44.3. The van der Waals surface area contributed by atoms with Crippen LogP contribution in [0.5, 0.6) is 5.75 Å². The fraction of sp³-hybridized carbons (Fsp3) is 0.543. The Bertz CT molecular complexity index is 1890. The average molecular weight is 865 g/mol. The van der Waals surface area contributed by atoms with Gasteiger partial charge in [0.1, 0.15) is 30.6 Å². The Hall–Kier alpha value is -4.76. The van der Waals surface area contributed by atoms with Crippen LogP contribution in [0.1, 0.15) is 70.3 Å². The highest BCUT2D eigenvalue weighted by molar-refractivity contribution is 6.32. The smallest absolute Gasteiger partial charge is 0.347 e. The summed E-state index contributed by atoms with van der Waals surface area (Å²) >= 11 is 6.36. The lowest BCUT2D eigenvalue weighted by atomic mass is 9.92. The van der Waals surface area contributed by atoms with E-state index in [-0.39, 0.29) is 69.0 Å². The van der Waals surface area contributed by atoms with Gasteiger partial charge in [0, 0.05) is 58.0 Å². The molecule has 0 unspecified atom stereocenters. The number of ether oxygens (including phenoxy) is 5. The predicted octanol–water partition coefficient (Wildman–Crippen LogP) is 4.97. The highest BCUT2D eigenvalue weighted by atomic mass is 35.5. The van der Waals surface area contributed by atoms with Crippen LogP contribution in [0.4, 0.5) is 0 Å². The largest absolute Gasteiger partial charge is 0.495 e. The monoisotopic (exact) mass is 864 g/mol. The normalized spacial score (nSPS) is 25.3. The number of piperazine rings is 1. The van der Waals surface area contributed by atoms with Crippen LogP contribution >= 0.6 is 11.6 Å². The summed E-state index contributed by atoms with van der Waals surface area (Å²) < 4.78 is 28.6. The molecule has 2 aromatic carbocycles. The fourth-order valence-corrected chi connectivity index (χ4v) is 7.66. The molecule has 2 amide bonds. The summed E-state index contributed by atoms with van der Waals surface area (Å²) in [6.07, 6.45) is 2.59. The summed E-state index contributed by atoms with van der Waals surface area (Å²) in [7, 11) is 1.50. The highest BCUT2D eigenvalue weighted by Gasteiger charge is 2.48. The molecule has 0 aliphatic carbocycles. The van der Waals surface area contributed by atoms with E-state index in [0.29, 0.717) is 16.3 Å². The first-order valence-corrected chi connectivity index (χ1v) is 21.4. The third-order valence-corrected chi connectivity index (χ3v) is 11.5. The number of epoxide rings is 1. The maximum absolute atomic E-state index is 13.8. The van der Waals surface area contributed by atoms with Crippen molar-refractivity contribution in [1.29, 1.82) is 0 Å². The topological polar surface area (TPSA) is 165 Å². The Morgan fingerprint density at radius 1 is 1.00 bits per heavy atom. The minimum absolute atomic E-state index is 0.00707. The molecular formula is C46H61ClN4O10. The van der Waals surface area contributed by atoms with Crippen molar-refractivity contribution in [3.05, 3.63) is 89.0 Å². The number of esters is 3. The zero-order valence-electron chi connectivity index (χ0n) is 36.2. The molecule has 0 radical (unpaired) electrons. The molecule has 3 aliphatic rings. The van der Waals surface area contributed by atoms with Crippen LogP contribution < -0.4 is 15.4 Å². The average Bonchev–Trinajstić information content (AvgIpc) is 4.03. The van der Waals surface area contributed by atoms with Gasteiger partial charge in [0.15, 0.2) is 6.10 Å². The number of hydrogen-bond donors (Lipinski definition) is 2. The zero-order valence-corrected chi connectivity index (χ0v) is 36.9. The Labute approximate surface area is 364 Å². The quantitative estimate of drug-likeness (QED) is 0.114. The van der Waals surface area contributed by atoms with E-state index in [1.165, 1.54) is 13.2 Å². The van der Waals surface area contributed by atoms with E-state index >= 15 is 0 Å². The first-order chi connectivity index (χ1) is 29.1. The number of amides is 2. The van der Waals surface area contributed by atoms with E-state index < -0.39 is 47.4 Å². The first kappa shape index (κ1) is 47.3. The van der Waals surface area contributed by atoms with Crippen LogP contribution in [0.25, 0.3) is 0 Å². The predicted molar refractivity (Wildman–Crippen MR) is 229 cm³/mol. The van der Waals surface area contributed by atoms with Crippen LogP contribution in [0, 0.1) is 17.3 Å². The van der Waals surface area contributed by atoms with Crippen molar-refractivity contribution in [3.63, 3.8) is 0 Å². The number of benzene rings is 2. The van der Waals surface area contributed by atoms with Crippen molar-refractivity contribution in [3.8, 4) is 5.75 Å². The van der Waals surface area contributed by atoms with E-state index in [9.17, 15) is 24.0 Å². The molecule has 332 valence electrons. The molecule has 0 aromatic heterocycles. The first-order valence-electron chi connectivity index (χ1n) is 21.0. The maximum atomic E-state index is 13.8. The molecule has 15 heteroatoms. The number of methoxy groups -OCH3 is 1. The van der Waals surface area contributed by atoms with Gasteiger partial charge in [-0.3, -0.25) is 29.0 Å². The standard InChI is InChI=1S/C46H61ClN4O10/c1-8-22-58-40(53)27-51-20-18-50(19-21-51)26-31-12-15-33(16-13-31)42-41(61-42)30(4)36-10-9-11-39(52)49-35(25-32-14-17-37(57-7)34(47)24-32)43(54)48-28-46(5,6)45(56)60-38(23-29(2)3)44(55)59-36/h8-9,11-17,24,29-30,35-36,38,41-42H,1,10,18-23,25-28H2,2-7H3,(H,48,54)(H,49,52)/b11-9+/t30-,35+,36-,38-,41+,42+/m0/s1. The van der Waals surface area contributed by atoms with Crippen molar-refractivity contribution in [2.24, 2.45) is 17.3 Å². The molecule has 0 bridgehead atoms. The van der Waals surface area contributed by atoms with Gasteiger partial charge in [0.05, 0.1) is 30.2 Å². The second-order valence-corrected chi connectivity index (χ2v) is 17.5. The molecule has 0 spiro atoms. The van der Waals surface area contributed by atoms with Crippen molar-refractivity contribution in [1.82, 2.24) is 20.4 Å². The third-order valence-electron chi connectivity index (χ3n) is 11.2. The van der Waals surface area contributed by atoms with Gasteiger partial charge in [-0.25, -0.2) is 4.79 Å². The summed E-state index contributed by atoms with van der Waals surface area (Å²) in [5.74, 6) is -2.47. The number of nitrogens with zero attached hydrogens (tertiary/aromatic N) is 2. The van der Waals surface area contributed by atoms with E-state index in [2.05, 4.69) is 51.3 Å². The molecule has 2 fully saturated rings. The molecule has 6 atom stereocenters. The summed E-state index contributed by atoms with van der Waals surface area (Å²) in [5.41, 5.74) is 1.61. The molecular weight excluding hydrogens is 804 g/mol. The fourth-order valence-electron chi connectivity index (χ4n) is 7.38. The highest BCUT2D eigenvalue weighted by Crippen LogP contribution is 2.45. The second-order valence-electron chi connectivity index (χ2n) is 17.1. The third kappa shape index (κ3) is 13.9. The molecule has 2 aromatic rings. The van der Waals surface area contributed by atoms with Crippen molar-refractivity contribution >= 4 is 41.3 Å². The summed E-state index contributed by atoms with van der Waals surface area (Å²) in [6, 6.07) is 12.4. The molecule has 14 nitrogen and oxygen atoms in total. The Kier molecular flexibility index (Phi) is 16.9. The number of hydrogen-bond acceptors (Lipinski definition) is 12. The number of cyclic esters (lactones) is 2. The minimum Gasteiger partial charge on any atom is -0.495 e. The van der Waals surface area contributed by atoms with Crippen LogP contribution in [0.15, 0.2) is 67.3 Å². The lowest BCUT2D eigenvalue weighted by molar-refractivity contribution is -0.179. The number of nitrogens with one attached hydrogen (secondary N) is 2. The molecule has 0 saturated carbocycles. The van der Waals surface area contributed by atoms with Gasteiger partial charge < -0.3 is 34.3 Å². The Balaban J connectivity index is 1.27. The minimum atomic E-state index is -1.23. The van der Waals surface area contributed by atoms with Crippen LogP contribution in [0.2, 0.25) is 5.02 Å². The number of rotatable bonds is 14. The maximum Gasteiger partial charge on any atom is 0.347 e. The van der Waals surface area contributed by atoms with Crippen molar-refractivity contribution < 1.29 is 47.7 Å². The van der Waals surface area contributed by atoms with Crippen LogP contribution in [-0.2, 0) is 55.9 Å². The Morgan fingerprint density at radius 3 is 2.34 bits per heavy atom. The lowest BCUT2D eigenvalue weighted by Gasteiger charge is -2.34. The number of carbonyl (C=O) groups is 5. The van der Waals surface area contributed by atoms with Gasteiger partial charge in [-0.05, 0) is 61.1 Å². The van der Waals surface area contributed by atoms with E-state index in [0.717, 1.165) is 43.9 Å². The van der Waals surface area contributed by atoms with Crippen molar-refractivity contribution in [2.75, 3.05) is 53.0 Å². The molecule has 3 aliphatic heterocycles. The van der Waals surface area contributed by atoms with E-state index in [1.54, 1.807) is 44.2 Å². The SMILES string of the molecule is C=CCOC(=O)CN1CCN(Cc2ccc([C@H]3O[C@@H]3[C@@H](C)[C@@H]3C/C=C/C(=O)N[C@H](Cc4ccc(OC)c(Cl)c4)C(=O)NCC(C)(C)C(=O)O[C@@H](CC(C)C)C(=O)O3)cc2)CC1. The van der Waals surface area contributed by atoms with Gasteiger partial charge in [-0.2, -0.15) is 0 Å². The molecule has 61 heavy (non-hydrogen) atoms. The van der Waals surface area contributed by atoms with Gasteiger partial charge in [0.25, 0.3) is 0 Å². The van der Waals surface area contributed by atoms with Gasteiger partial charge in [-0.1, -0.05) is 81.4 Å². The van der Waals surface area contributed by atoms with Crippen LogP contribution in [0.3, 0.4) is 0 Å². The summed E-state index contributed by atoms with van der Waals surface area (Å²) in [4.78, 5) is 70.9. The van der Waals surface area contributed by atoms with Crippen molar-refractivity contribution in [2.45, 2.75) is 90.9 Å². The lowest BCUT2D eigenvalue weighted by Crippen LogP contribution is -2.51. The van der Waals surface area contributed by atoms with Crippen LogP contribution in [-0.4, -0.2) is 117 Å². The summed E-state index contributed by atoms with van der Waals surface area (Å²) in [5, 5.41) is 5.93. The number of carbonyl (C=O) groups excluding carboxylic acids is 5. The molecule has 2 saturated heterocycles. The molecule has 2 N–H and O–H groups in total. The van der Waals surface area contributed by atoms with Gasteiger partial charge in [0.2, 0.25) is 11.8 Å². The Morgan fingerprint density at radius 2 is 1.69 bits per heavy atom. The van der Waals surface area contributed by atoms with Gasteiger partial charge >= 0.3 is 17.9 Å². The van der Waals surface area contributed by atoms with E-state index in [4.69, 9.17) is 35.3 Å². The molecule has 5 rings (SSSR count).